The molecule has 1 fully saturated rings. The summed E-state index contributed by atoms with van der Waals surface area (Å²) in [6.07, 6.45) is 4.27. The van der Waals surface area contributed by atoms with E-state index in [1.54, 1.807) is 6.20 Å². The van der Waals surface area contributed by atoms with E-state index in [-0.39, 0.29) is 0 Å². The van der Waals surface area contributed by atoms with Crippen LogP contribution in [0, 0.1) is 0 Å². The first kappa shape index (κ1) is 11.2. The van der Waals surface area contributed by atoms with Crippen LogP contribution in [0.3, 0.4) is 0 Å². The van der Waals surface area contributed by atoms with E-state index in [1.807, 2.05) is 42.9 Å². The highest BCUT2D eigenvalue weighted by molar-refractivity contribution is 5.70. The number of aryl methyl sites for hydroxylation is 1. The minimum Gasteiger partial charge on any atom is -0.362 e. The van der Waals surface area contributed by atoms with Gasteiger partial charge in [0.05, 0.1) is 5.56 Å². The molecule has 2 aromatic rings. The van der Waals surface area contributed by atoms with Crippen molar-refractivity contribution in [1.29, 1.82) is 0 Å². The van der Waals surface area contributed by atoms with Crippen molar-refractivity contribution in [2.45, 2.75) is 18.8 Å². The maximum atomic E-state index is 4.67. The van der Waals surface area contributed by atoms with Crippen molar-refractivity contribution in [2.75, 3.05) is 19.0 Å². The third kappa shape index (κ3) is 1.85. The molecule has 1 aliphatic rings. The quantitative estimate of drug-likeness (QED) is 0.825. The molecule has 0 aliphatic heterocycles. The molecular formula is C13H17N5. The van der Waals surface area contributed by atoms with E-state index in [4.69, 9.17) is 0 Å². The van der Waals surface area contributed by atoms with Crippen LogP contribution < -0.4 is 4.90 Å². The van der Waals surface area contributed by atoms with E-state index < -0.39 is 0 Å². The molecule has 2 aromatic heterocycles. The van der Waals surface area contributed by atoms with Crippen molar-refractivity contribution >= 4 is 5.82 Å². The van der Waals surface area contributed by atoms with Crippen LogP contribution in [0.25, 0.3) is 11.4 Å². The summed E-state index contributed by atoms with van der Waals surface area (Å²) >= 11 is 0. The molecule has 0 radical (unpaired) electrons. The number of hydrogen-bond donors (Lipinski definition) is 0. The molecule has 1 saturated carbocycles. The van der Waals surface area contributed by atoms with Crippen LogP contribution in [0.4, 0.5) is 5.82 Å². The number of aromatic nitrogens is 4. The Hall–Kier alpha value is -1.91. The number of rotatable bonds is 3. The van der Waals surface area contributed by atoms with Gasteiger partial charge in [-0.05, 0) is 25.0 Å². The van der Waals surface area contributed by atoms with Crippen molar-refractivity contribution in [3.8, 4) is 11.4 Å². The van der Waals surface area contributed by atoms with E-state index >= 15 is 0 Å². The van der Waals surface area contributed by atoms with Crippen LogP contribution in [-0.4, -0.2) is 33.8 Å². The summed E-state index contributed by atoms with van der Waals surface area (Å²) in [6, 6.07) is 3.95. The van der Waals surface area contributed by atoms with Crippen molar-refractivity contribution in [3.63, 3.8) is 0 Å². The van der Waals surface area contributed by atoms with E-state index in [2.05, 4.69) is 15.1 Å². The van der Waals surface area contributed by atoms with Crippen LogP contribution in [-0.2, 0) is 7.05 Å². The van der Waals surface area contributed by atoms with Crippen LogP contribution in [0.1, 0.15) is 24.6 Å². The average Bonchev–Trinajstić information content (AvgIpc) is 3.13. The Morgan fingerprint density at radius 1 is 1.33 bits per heavy atom. The zero-order chi connectivity index (χ0) is 12.7. The molecule has 5 nitrogen and oxygen atoms in total. The van der Waals surface area contributed by atoms with Crippen molar-refractivity contribution < 1.29 is 0 Å². The standard InChI is InChI=1S/C13H17N5/c1-17(2)13-10(5-4-8-14-13)11-15-12(9-6-7-9)18(3)16-11/h4-5,8-9H,6-7H2,1-3H3. The van der Waals surface area contributed by atoms with E-state index in [0.717, 1.165) is 23.0 Å². The first-order valence-corrected chi connectivity index (χ1v) is 6.20. The molecule has 5 heteroatoms. The van der Waals surface area contributed by atoms with Gasteiger partial charge in [-0.3, -0.25) is 4.68 Å². The summed E-state index contributed by atoms with van der Waals surface area (Å²) in [4.78, 5) is 11.0. The predicted octanol–water partition coefficient (Wildman–Crippen LogP) is 1.82. The molecule has 0 amide bonds. The van der Waals surface area contributed by atoms with Gasteiger partial charge in [0.1, 0.15) is 11.6 Å². The van der Waals surface area contributed by atoms with Crippen molar-refractivity contribution in [1.82, 2.24) is 19.7 Å². The van der Waals surface area contributed by atoms with E-state index in [1.165, 1.54) is 12.8 Å². The minimum atomic E-state index is 0.607. The van der Waals surface area contributed by atoms with Gasteiger partial charge in [0.15, 0.2) is 5.82 Å². The fraction of sp³-hybridized carbons (Fsp3) is 0.462. The Balaban J connectivity index is 2.06. The molecule has 0 aromatic carbocycles. The van der Waals surface area contributed by atoms with E-state index in [0.29, 0.717) is 5.92 Å². The first-order chi connectivity index (χ1) is 8.66. The lowest BCUT2D eigenvalue weighted by atomic mass is 10.2. The van der Waals surface area contributed by atoms with Gasteiger partial charge < -0.3 is 4.90 Å². The topological polar surface area (TPSA) is 46.8 Å². The van der Waals surface area contributed by atoms with Gasteiger partial charge in [-0.2, -0.15) is 5.10 Å². The van der Waals surface area contributed by atoms with Gasteiger partial charge in [-0.25, -0.2) is 9.97 Å². The highest BCUT2D eigenvalue weighted by Gasteiger charge is 2.29. The lowest BCUT2D eigenvalue weighted by Crippen LogP contribution is -2.12. The van der Waals surface area contributed by atoms with Gasteiger partial charge in [-0.15, -0.1) is 0 Å². The summed E-state index contributed by atoms with van der Waals surface area (Å²) in [7, 11) is 5.93. The average molecular weight is 243 g/mol. The lowest BCUT2D eigenvalue weighted by molar-refractivity contribution is 0.705. The summed E-state index contributed by atoms with van der Waals surface area (Å²) < 4.78 is 1.90. The largest absolute Gasteiger partial charge is 0.362 e. The third-order valence-corrected chi connectivity index (χ3v) is 3.19. The zero-order valence-electron chi connectivity index (χ0n) is 11.0. The Morgan fingerprint density at radius 2 is 2.11 bits per heavy atom. The summed E-state index contributed by atoms with van der Waals surface area (Å²) in [5.41, 5.74) is 0.991. The van der Waals surface area contributed by atoms with Gasteiger partial charge in [0, 0.05) is 33.3 Å². The second kappa shape index (κ2) is 4.08. The molecule has 2 heterocycles. The summed E-state index contributed by atoms with van der Waals surface area (Å²) in [5.74, 6) is 3.39. The molecule has 0 spiro atoms. The first-order valence-electron chi connectivity index (χ1n) is 6.20. The molecule has 1 aliphatic carbocycles. The Morgan fingerprint density at radius 3 is 2.78 bits per heavy atom. The number of nitrogens with zero attached hydrogens (tertiary/aromatic N) is 5. The van der Waals surface area contributed by atoms with Crippen LogP contribution in [0.5, 0.6) is 0 Å². The fourth-order valence-electron chi connectivity index (χ4n) is 2.14. The van der Waals surface area contributed by atoms with Crippen LogP contribution in [0.2, 0.25) is 0 Å². The fourth-order valence-corrected chi connectivity index (χ4v) is 2.14. The lowest BCUT2D eigenvalue weighted by Gasteiger charge is -2.13. The monoisotopic (exact) mass is 243 g/mol. The third-order valence-electron chi connectivity index (χ3n) is 3.19. The minimum absolute atomic E-state index is 0.607. The molecule has 0 atom stereocenters. The molecule has 3 rings (SSSR count). The predicted molar refractivity (Wildman–Crippen MR) is 70.5 cm³/mol. The van der Waals surface area contributed by atoms with Gasteiger partial charge in [0.2, 0.25) is 0 Å². The molecule has 18 heavy (non-hydrogen) atoms. The summed E-state index contributed by atoms with van der Waals surface area (Å²) in [6.45, 7) is 0. The second-order valence-electron chi connectivity index (χ2n) is 4.96. The Labute approximate surface area is 106 Å². The Bertz CT molecular complexity index is 569. The maximum Gasteiger partial charge on any atom is 0.185 e. The van der Waals surface area contributed by atoms with Crippen LogP contribution in [0.15, 0.2) is 18.3 Å². The van der Waals surface area contributed by atoms with Crippen LogP contribution >= 0.6 is 0 Å². The SMILES string of the molecule is CN(C)c1ncccc1-c1nc(C2CC2)n(C)n1. The molecule has 94 valence electrons. The van der Waals surface area contributed by atoms with Gasteiger partial charge in [0.25, 0.3) is 0 Å². The smallest absolute Gasteiger partial charge is 0.185 e. The molecule has 0 bridgehead atoms. The summed E-state index contributed by atoms with van der Waals surface area (Å²) in [5, 5.41) is 4.52. The van der Waals surface area contributed by atoms with Gasteiger partial charge in [-0.1, -0.05) is 0 Å². The molecule has 0 unspecified atom stereocenters. The molecular weight excluding hydrogens is 226 g/mol. The second-order valence-corrected chi connectivity index (χ2v) is 4.96. The number of hydrogen-bond acceptors (Lipinski definition) is 4. The zero-order valence-corrected chi connectivity index (χ0v) is 11.0. The number of anilines is 1. The highest BCUT2D eigenvalue weighted by Crippen LogP contribution is 2.39. The molecule has 0 N–H and O–H groups in total. The Kier molecular flexibility index (Phi) is 2.54. The normalized spacial score (nSPS) is 14.8. The van der Waals surface area contributed by atoms with Crippen molar-refractivity contribution in [3.05, 3.63) is 24.2 Å². The maximum absolute atomic E-state index is 4.67. The molecule has 0 saturated heterocycles. The van der Waals surface area contributed by atoms with Gasteiger partial charge >= 0.3 is 0 Å². The highest BCUT2D eigenvalue weighted by atomic mass is 15.3. The van der Waals surface area contributed by atoms with E-state index in [9.17, 15) is 0 Å². The van der Waals surface area contributed by atoms with Crippen molar-refractivity contribution in [2.24, 2.45) is 7.05 Å². The number of pyridine rings is 1.